The number of carbonyl (C=O) groups excluding carboxylic acids is 1. The molecule has 2 aliphatic carbocycles. The summed E-state index contributed by atoms with van der Waals surface area (Å²) in [6, 6.07) is 2.15. The first-order chi connectivity index (χ1) is 15.8. The Hall–Kier alpha value is -2.94. The van der Waals surface area contributed by atoms with Crippen molar-refractivity contribution in [2.45, 2.75) is 70.9 Å². The maximum atomic E-state index is 13.2. The van der Waals surface area contributed by atoms with Crippen LogP contribution in [-0.4, -0.2) is 41.9 Å². The van der Waals surface area contributed by atoms with Crippen LogP contribution in [0.1, 0.15) is 81.4 Å². The lowest BCUT2D eigenvalue weighted by Crippen LogP contribution is -2.22. The quantitative estimate of drug-likeness (QED) is 0.501. The highest BCUT2D eigenvalue weighted by Gasteiger charge is 2.29. The summed E-state index contributed by atoms with van der Waals surface area (Å²) in [6.07, 6.45) is 12.1. The SMILES string of the molecule is CC(C)(O)c1nn([C@H]2CC[C@H](C)CC2)cc1NC(=O)c1cnn2ccc(NCC3CC3)nc12. The lowest BCUT2D eigenvalue weighted by molar-refractivity contribution is 0.0730. The van der Waals surface area contributed by atoms with E-state index in [2.05, 4.69) is 27.6 Å². The van der Waals surface area contributed by atoms with Crippen LogP contribution in [0.3, 0.4) is 0 Å². The number of rotatable bonds is 7. The Kier molecular flexibility index (Phi) is 5.60. The van der Waals surface area contributed by atoms with E-state index in [1.165, 1.54) is 19.0 Å². The standard InChI is InChI=1S/C24H33N7O2/c1-15-4-8-17(9-5-15)31-14-19(21(29-31)24(2,3)33)27-23(32)18-13-26-30-11-10-20(28-22(18)30)25-12-16-6-7-16/h10-11,13-17,33H,4-9,12H2,1-3H3,(H,25,28)(H,27,32)/t15-,17-. The molecule has 0 bridgehead atoms. The van der Waals surface area contributed by atoms with Crippen molar-refractivity contribution in [2.24, 2.45) is 11.8 Å². The molecule has 0 unspecified atom stereocenters. The van der Waals surface area contributed by atoms with Gasteiger partial charge in [-0.3, -0.25) is 9.48 Å². The second-order valence-electron chi connectivity index (χ2n) is 10.3. The summed E-state index contributed by atoms with van der Waals surface area (Å²) in [5, 5.41) is 26.0. The molecule has 3 N–H and O–H groups in total. The zero-order chi connectivity index (χ0) is 23.2. The predicted octanol–water partition coefficient (Wildman–Crippen LogP) is 3.98. The maximum absolute atomic E-state index is 13.2. The summed E-state index contributed by atoms with van der Waals surface area (Å²) in [7, 11) is 0. The zero-order valence-corrected chi connectivity index (χ0v) is 19.6. The Labute approximate surface area is 193 Å². The van der Waals surface area contributed by atoms with Gasteiger partial charge in [0, 0.05) is 18.9 Å². The van der Waals surface area contributed by atoms with E-state index in [1.807, 2.05) is 16.9 Å². The van der Waals surface area contributed by atoms with Crippen molar-refractivity contribution in [1.29, 1.82) is 0 Å². The number of aromatic nitrogens is 5. The molecule has 9 nitrogen and oxygen atoms in total. The van der Waals surface area contributed by atoms with Crippen LogP contribution in [-0.2, 0) is 5.60 Å². The second-order valence-corrected chi connectivity index (χ2v) is 10.3. The normalized spacial score (nSPS) is 21.3. The first-order valence-electron chi connectivity index (χ1n) is 12.0. The molecule has 0 saturated heterocycles. The summed E-state index contributed by atoms with van der Waals surface area (Å²) >= 11 is 0. The van der Waals surface area contributed by atoms with Crippen molar-refractivity contribution in [2.75, 3.05) is 17.2 Å². The van der Waals surface area contributed by atoms with E-state index in [4.69, 9.17) is 5.10 Å². The summed E-state index contributed by atoms with van der Waals surface area (Å²) in [5.74, 6) is 1.87. The van der Waals surface area contributed by atoms with Crippen molar-refractivity contribution < 1.29 is 9.90 Å². The summed E-state index contributed by atoms with van der Waals surface area (Å²) in [6.45, 7) is 6.55. The van der Waals surface area contributed by atoms with E-state index >= 15 is 0 Å². The lowest BCUT2D eigenvalue weighted by atomic mass is 9.87. The largest absolute Gasteiger partial charge is 0.384 e. The first-order valence-corrected chi connectivity index (χ1v) is 12.0. The van der Waals surface area contributed by atoms with Crippen LogP contribution < -0.4 is 10.6 Å². The highest BCUT2D eigenvalue weighted by atomic mass is 16.3. The zero-order valence-electron chi connectivity index (χ0n) is 19.6. The van der Waals surface area contributed by atoms with E-state index in [0.717, 1.165) is 49.9 Å². The molecule has 2 fully saturated rings. The number of fused-ring (bicyclic) bond motifs is 1. The molecule has 0 spiro atoms. The van der Waals surface area contributed by atoms with Gasteiger partial charge in [0.1, 0.15) is 22.7 Å². The number of hydrogen-bond acceptors (Lipinski definition) is 6. The molecule has 3 aromatic heterocycles. The fourth-order valence-corrected chi connectivity index (χ4v) is 4.52. The van der Waals surface area contributed by atoms with Crippen LogP contribution in [0.25, 0.3) is 5.65 Å². The molecule has 0 aliphatic heterocycles. The molecule has 3 aromatic rings. The summed E-state index contributed by atoms with van der Waals surface area (Å²) in [4.78, 5) is 17.9. The van der Waals surface area contributed by atoms with Crippen LogP contribution in [0.2, 0.25) is 0 Å². The second kappa shape index (κ2) is 8.44. The van der Waals surface area contributed by atoms with Crippen LogP contribution in [0.15, 0.2) is 24.7 Å². The minimum Gasteiger partial charge on any atom is -0.384 e. The number of amides is 1. The van der Waals surface area contributed by atoms with E-state index in [-0.39, 0.29) is 11.9 Å². The molecule has 0 radical (unpaired) electrons. The Balaban J connectivity index is 1.39. The smallest absolute Gasteiger partial charge is 0.261 e. The van der Waals surface area contributed by atoms with Gasteiger partial charge in [0.15, 0.2) is 5.65 Å². The monoisotopic (exact) mass is 451 g/mol. The van der Waals surface area contributed by atoms with Gasteiger partial charge in [-0.2, -0.15) is 10.2 Å². The number of aliphatic hydroxyl groups is 1. The molecule has 176 valence electrons. The number of hydrogen-bond donors (Lipinski definition) is 3. The Morgan fingerprint density at radius 3 is 2.67 bits per heavy atom. The van der Waals surface area contributed by atoms with Crippen molar-refractivity contribution in [3.63, 3.8) is 0 Å². The van der Waals surface area contributed by atoms with Gasteiger partial charge in [-0.1, -0.05) is 6.92 Å². The summed E-state index contributed by atoms with van der Waals surface area (Å²) in [5.41, 5.74) is 0.673. The number of anilines is 2. The van der Waals surface area contributed by atoms with Crippen LogP contribution in [0.4, 0.5) is 11.5 Å². The minimum absolute atomic E-state index is 0.284. The van der Waals surface area contributed by atoms with Crippen LogP contribution >= 0.6 is 0 Å². The fraction of sp³-hybridized carbons (Fsp3) is 0.583. The topological polar surface area (TPSA) is 109 Å². The molecule has 2 aliphatic rings. The third-order valence-corrected chi connectivity index (χ3v) is 6.80. The number of nitrogens with zero attached hydrogens (tertiary/aromatic N) is 5. The van der Waals surface area contributed by atoms with Crippen LogP contribution in [0.5, 0.6) is 0 Å². The Morgan fingerprint density at radius 2 is 1.97 bits per heavy atom. The van der Waals surface area contributed by atoms with Gasteiger partial charge >= 0.3 is 0 Å². The van der Waals surface area contributed by atoms with Crippen LogP contribution in [0, 0.1) is 11.8 Å². The van der Waals surface area contributed by atoms with E-state index < -0.39 is 5.60 Å². The van der Waals surface area contributed by atoms with Crippen molar-refractivity contribution in [3.8, 4) is 0 Å². The van der Waals surface area contributed by atoms with Gasteiger partial charge < -0.3 is 15.7 Å². The van der Waals surface area contributed by atoms with E-state index in [1.54, 1.807) is 24.6 Å². The van der Waals surface area contributed by atoms with Gasteiger partial charge in [0.2, 0.25) is 0 Å². The van der Waals surface area contributed by atoms with Crippen molar-refractivity contribution in [1.82, 2.24) is 24.4 Å². The average molecular weight is 452 g/mol. The molecule has 5 rings (SSSR count). The molecule has 1 amide bonds. The predicted molar refractivity (Wildman–Crippen MR) is 126 cm³/mol. The van der Waals surface area contributed by atoms with Gasteiger partial charge in [-0.05, 0) is 70.3 Å². The average Bonchev–Trinajstić information content (AvgIpc) is 3.35. The number of nitrogens with one attached hydrogen (secondary N) is 2. The molecule has 2 saturated carbocycles. The van der Waals surface area contributed by atoms with E-state index in [9.17, 15) is 9.90 Å². The fourth-order valence-electron chi connectivity index (χ4n) is 4.52. The van der Waals surface area contributed by atoms with Gasteiger partial charge in [0.05, 0.1) is 17.9 Å². The molecule has 33 heavy (non-hydrogen) atoms. The Bertz CT molecular complexity index is 1150. The highest BCUT2D eigenvalue weighted by Crippen LogP contribution is 2.35. The highest BCUT2D eigenvalue weighted by molar-refractivity contribution is 6.08. The number of carbonyl (C=O) groups is 1. The molecule has 3 heterocycles. The first kappa shape index (κ1) is 21.9. The maximum Gasteiger partial charge on any atom is 0.261 e. The molecule has 0 aromatic carbocycles. The lowest BCUT2D eigenvalue weighted by Gasteiger charge is -2.26. The third kappa shape index (κ3) is 4.73. The summed E-state index contributed by atoms with van der Waals surface area (Å²) < 4.78 is 3.52. The minimum atomic E-state index is -1.19. The van der Waals surface area contributed by atoms with Gasteiger partial charge in [-0.15, -0.1) is 0 Å². The third-order valence-electron chi connectivity index (χ3n) is 6.80. The van der Waals surface area contributed by atoms with E-state index in [0.29, 0.717) is 22.6 Å². The molecular weight excluding hydrogens is 418 g/mol. The Morgan fingerprint density at radius 1 is 1.21 bits per heavy atom. The van der Waals surface area contributed by atoms with Crippen molar-refractivity contribution in [3.05, 3.63) is 35.9 Å². The van der Waals surface area contributed by atoms with Gasteiger partial charge in [-0.25, -0.2) is 9.50 Å². The van der Waals surface area contributed by atoms with Crippen molar-refractivity contribution >= 4 is 23.1 Å². The molecule has 9 heteroatoms. The molecule has 0 atom stereocenters. The van der Waals surface area contributed by atoms with Gasteiger partial charge in [0.25, 0.3) is 5.91 Å². The molecular formula is C24H33N7O2.